The third kappa shape index (κ3) is 3.96. The smallest absolute Gasteiger partial charge is 0.361 e. The maximum absolute atomic E-state index is 13.4. The van der Waals surface area contributed by atoms with Crippen LogP contribution in [0.15, 0.2) is 42.5 Å². The van der Waals surface area contributed by atoms with Crippen LogP contribution in [0.3, 0.4) is 0 Å². The number of hydrogen-bond acceptors (Lipinski definition) is 3. The molecule has 1 heterocycles. The molecule has 6 nitrogen and oxygen atoms in total. The van der Waals surface area contributed by atoms with Gasteiger partial charge in [0.2, 0.25) is 0 Å². The summed E-state index contributed by atoms with van der Waals surface area (Å²) in [7, 11) is -2.92. The van der Waals surface area contributed by atoms with Crippen molar-refractivity contribution in [3.63, 3.8) is 0 Å². The Bertz CT molecular complexity index is 922. The monoisotopic (exact) mass is 390 g/mol. The van der Waals surface area contributed by atoms with Crippen LogP contribution >= 0.6 is 7.75 Å². The molecule has 0 fully saturated rings. The lowest BCUT2D eigenvalue weighted by molar-refractivity contribution is -0.0137. The zero-order valence-electron chi connectivity index (χ0n) is 14.8. The van der Waals surface area contributed by atoms with Crippen molar-refractivity contribution in [1.29, 1.82) is 5.26 Å². The molecule has 3 rings (SSSR count). The molecule has 0 bridgehead atoms. The second-order valence-electron chi connectivity index (χ2n) is 6.60. The third-order valence-electron chi connectivity index (χ3n) is 4.91. The maximum atomic E-state index is 13.4. The van der Waals surface area contributed by atoms with E-state index in [9.17, 15) is 18.7 Å². The molecular formula is C19H20FN2O4P. The van der Waals surface area contributed by atoms with E-state index in [1.165, 1.54) is 19.2 Å². The van der Waals surface area contributed by atoms with Gasteiger partial charge in [-0.1, -0.05) is 18.2 Å². The highest BCUT2D eigenvalue weighted by Gasteiger charge is 2.41. The van der Waals surface area contributed by atoms with E-state index in [1.54, 1.807) is 24.3 Å². The summed E-state index contributed by atoms with van der Waals surface area (Å²) in [4.78, 5) is 18.5. The first-order valence-corrected chi connectivity index (χ1v) is 10.0. The highest BCUT2D eigenvalue weighted by molar-refractivity contribution is 7.49. The summed E-state index contributed by atoms with van der Waals surface area (Å²) in [5, 5.41) is 9.11. The maximum Gasteiger partial charge on any atom is 0.402 e. The molecule has 142 valence electrons. The molecule has 0 saturated heterocycles. The number of fused-ring (bicyclic) bond motifs is 1. The van der Waals surface area contributed by atoms with Gasteiger partial charge in [0.25, 0.3) is 0 Å². The molecule has 8 heteroatoms. The average Bonchev–Trinajstić information content (AvgIpc) is 3.00. The number of halogens is 1. The van der Waals surface area contributed by atoms with Gasteiger partial charge in [0.1, 0.15) is 11.4 Å². The van der Waals surface area contributed by atoms with Crippen molar-refractivity contribution in [2.75, 3.05) is 13.6 Å². The number of hydrogen-bond donors (Lipinski definition) is 2. The van der Waals surface area contributed by atoms with E-state index in [-0.39, 0.29) is 12.4 Å². The van der Waals surface area contributed by atoms with E-state index in [0.717, 1.165) is 21.4 Å². The van der Waals surface area contributed by atoms with Crippen molar-refractivity contribution in [1.82, 2.24) is 4.67 Å². The van der Waals surface area contributed by atoms with Crippen LogP contribution in [0, 0.1) is 17.1 Å². The van der Waals surface area contributed by atoms with Gasteiger partial charge in [-0.25, -0.2) is 13.6 Å². The zero-order valence-corrected chi connectivity index (χ0v) is 15.7. The van der Waals surface area contributed by atoms with Crippen molar-refractivity contribution < 1.29 is 23.5 Å². The fourth-order valence-electron chi connectivity index (χ4n) is 3.45. The molecule has 0 radical (unpaired) electrons. The molecule has 2 aromatic carbocycles. The molecule has 0 amide bonds. The molecule has 0 saturated carbocycles. The average molecular weight is 390 g/mol. The molecule has 0 aromatic heterocycles. The van der Waals surface area contributed by atoms with Gasteiger partial charge in [-0.15, -0.1) is 0 Å². The van der Waals surface area contributed by atoms with Crippen LogP contribution in [-0.2, 0) is 21.5 Å². The van der Waals surface area contributed by atoms with Gasteiger partial charge in [-0.3, -0.25) is 0 Å². The van der Waals surface area contributed by atoms with Gasteiger partial charge in [-0.05, 0) is 60.8 Å². The van der Waals surface area contributed by atoms with E-state index in [0.29, 0.717) is 25.0 Å². The summed E-state index contributed by atoms with van der Waals surface area (Å²) in [6.45, 7) is 0.499. The van der Waals surface area contributed by atoms with Crippen molar-refractivity contribution in [2.45, 2.75) is 25.0 Å². The van der Waals surface area contributed by atoms with Gasteiger partial charge >= 0.3 is 7.75 Å². The molecule has 2 N–H and O–H groups in total. The predicted molar refractivity (Wildman–Crippen MR) is 97.0 cm³/mol. The third-order valence-corrected chi connectivity index (χ3v) is 6.00. The van der Waals surface area contributed by atoms with Crippen LogP contribution in [0.5, 0.6) is 0 Å². The SMILES string of the molecule is CN(CCCC1(c2ccc(F)cc2)OCc2cc(C#N)ccc21)P(=O)(O)O. The highest BCUT2D eigenvalue weighted by atomic mass is 31.2. The van der Waals surface area contributed by atoms with Crippen molar-refractivity contribution in [2.24, 2.45) is 0 Å². The van der Waals surface area contributed by atoms with Crippen LogP contribution in [0.25, 0.3) is 0 Å². The highest BCUT2D eigenvalue weighted by Crippen LogP contribution is 2.46. The van der Waals surface area contributed by atoms with Crippen molar-refractivity contribution >= 4 is 7.75 Å². The zero-order chi connectivity index (χ0) is 19.7. The van der Waals surface area contributed by atoms with Crippen LogP contribution in [-0.4, -0.2) is 28.0 Å². The van der Waals surface area contributed by atoms with E-state index in [4.69, 9.17) is 10.00 Å². The lowest BCUT2D eigenvalue weighted by Gasteiger charge is -2.31. The van der Waals surface area contributed by atoms with Crippen LogP contribution in [0.4, 0.5) is 4.39 Å². The summed E-state index contributed by atoms with van der Waals surface area (Å²) in [5.74, 6) is -0.354. The Morgan fingerprint density at radius 2 is 2.00 bits per heavy atom. The summed E-state index contributed by atoms with van der Waals surface area (Å²) >= 11 is 0. The summed E-state index contributed by atoms with van der Waals surface area (Å²) in [6.07, 6.45) is 0.917. The van der Waals surface area contributed by atoms with Crippen LogP contribution < -0.4 is 0 Å². The van der Waals surface area contributed by atoms with Crippen molar-refractivity contribution in [3.8, 4) is 6.07 Å². The molecular weight excluding hydrogens is 370 g/mol. The number of benzene rings is 2. The minimum absolute atomic E-state index is 0.183. The first-order valence-electron chi connectivity index (χ1n) is 8.47. The topological polar surface area (TPSA) is 93.8 Å². The first kappa shape index (κ1) is 19.7. The van der Waals surface area contributed by atoms with Gasteiger partial charge in [0, 0.05) is 6.54 Å². The lowest BCUT2D eigenvalue weighted by Crippen LogP contribution is -2.29. The summed E-state index contributed by atoms with van der Waals surface area (Å²) in [5.41, 5.74) is 2.25. The van der Waals surface area contributed by atoms with Crippen LogP contribution in [0.1, 0.15) is 35.1 Å². The molecule has 0 aliphatic carbocycles. The minimum Gasteiger partial charge on any atom is -0.361 e. The molecule has 1 aliphatic rings. The van der Waals surface area contributed by atoms with Crippen molar-refractivity contribution in [3.05, 3.63) is 70.5 Å². The van der Waals surface area contributed by atoms with Gasteiger partial charge in [-0.2, -0.15) is 5.26 Å². The Balaban J connectivity index is 1.94. The van der Waals surface area contributed by atoms with Gasteiger partial charge in [0.15, 0.2) is 0 Å². The van der Waals surface area contributed by atoms with Gasteiger partial charge in [0.05, 0.1) is 18.2 Å². The Hall–Kier alpha value is -2.07. The van der Waals surface area contributed by atoms with Gasteiger partial charge < -0.3 is 14.5 Å². The standard InChI is InChI=1S/C19H20FN2O4P/c1-22(27(23,24)25)10-2-9-19(16-4-6-17(20)7-5-16)18-8-3-14(12-21)11-15(18)13-26-19/h3-8,11H,2,9-10,13H2,1H3,(H2,23,24,25). The second-order valence-corrected chi connectivity index (χ2v) is 8.31. The number of nitriles is 1. The lowest BCUT2D eigenvalue weighted by atomic mass is 9.81. The summed E-state index contributed by atoms with van der Waals surface area (Å²) < 4.78 is 31.9. The van der Waals surface area contributed by atoms with E-state index in [1.807, 2.05) is 6.07 Å². The normalized spacial score (nSPS) is 19.1. The van der Waals surface area contributed by atoms with E-state index < -0.39 is 13.3 Å². The molecule has 1 atom stereocenters. The Kier molecular flexibility index (Phi) is 5.48. The fraction of sp³-hybridized carbons (Fsp3) is 0.316. The van der Waals surface area contributed by atoms with Crippen LogP contribution in [0.2, 0.25) is 0 Å². The Morgan fingerprint density at radius 1 is 1.30 bits per heavy atom. The van der Waals surface area contributed by atoms with E-state index >= 15 is 0 Å². The molecule has 2 aromatic rings. The molecule has 1 aliphatic heterocycles. The predicted octanol–water partition coefficient (Wildman–Crippen LogP) is 3.28. The van der Waals surface area contributed by atoms with E-state index in [2.05, 4.69) is 6.07 Å². The largest absolute Gasteiger partial charge is 0.402 e. The second kappa shape index (κ2) is 7.51. The fourth-order valence-corrected chi connectivity index (χ4v) is 3.85. The first-order chi connectivity index (χ1) is 12.8. The molecule has 0 spiro atoms. The number of nitrogens with zero attached hydrogens (tertiary/aromatic N) is 2. The Morgan fingerprint density at radius 3 is 2.63 bits per heavy atom. The Labute approximate surface area is 157 Å². The molecule has 1 unspecified atom stereocenters. The number of ether oxygens (including phenoxy) is 1. The number of rotatable bonds is 6. The molecule has 27 heavy (non-hydrogen) atoms. The summed E-state index contributed by atoms with van der Waals surface area (Å²) in [6, 6.07) is 13.5. The minimum atomic E-state index is -4.29. The quantitative estimate of drug-likeness (QED) is 0.736.